The van der Waals surface area contributed by atoms with Gasteiger partial charge in [0.1, 0.15) is 0 Å². The van der Waals surface area contributed by atoms with Gasteiger partial charge in [0.05, 0.1) is 18.9 Å². The molecule has 0 bridgehead atoms. The molecule has 0 saturated carbocycles. The maximum atomic E-state index is 5.84. The molecule has 0 aliphatic carbocycles. The zero-order chi connectivity index (χ0) is 17.8. The van der Waals surface area contributed by atoms with E-state index in [4.69, 9.17) is 4.74 Å². The van der Waals surface area contributed by atoms with Gasteiger partial charge in [0.15, 0.2) is 0 Å². The second-order valence-electron chi connectivity index (χ2n) is 8.80. The van der Waals surface area contributed by atoms with Crippen LogP contribution in [0.3, 0.4) is 0 Å². The first-order valence-corrected chi connectivity index (χ1v) is 10.6. The summed E-state index contributed by atoms with van der Waals surface area (Å²) < 4.78 is 5.84. The Morgan fingerprint density at radius 3 is 2.16 bits per heavy atom. The molecule has 3 aliphatic rings. The second kappa shape index (κ2) is 9.14. The molecule has 0 N–H and O–H groups in total. The van der Waals surface area contributed by atoms with Crippen LogP contribution in [0.1, 0.15) is 47.0 Å². The molecule has 5 heteroatoms. The van der Waals surface area contributed by atoms with Gasteiger partial charge in [-0.05, 0) is 66.6 Å². The van der Waals surface area contributed by atoms with Crippen LogP contribution in [-0.4, -0.2) is 103 Å². The van der Waals surface area contributed by atoms with Crippen LogP contribution in [0, 0.1) is 0 Å². The molecule has 0 radical (unpaired) electrons. The van der Waals surface area contributed by atoms with Crippen LogP contribution in [0.5, 0.6) is 0 Å². The molecule has 0 aromatic carbocycles. The fourth-order valence-electron chi connectivity index (χ4n) is 4.90. The highest BCUT2D eigenvalue weighted by molar-refractivity contribution is 4.84. The van der Waals surface area contributed by atoms with Crippen LogP contribution < -0.4 is 0 Å². The van der Waals surface area contributed by atoms with Crippen molar-refractivity contribution in [3.05, 3.63) is 0 Å². The summed E-state index contributed by atoms with van der Waals surface area (Å²) in [6, 6.07) is 1.53. The predicted molar refractivity (Wildman–Crippen MR) is 104 cm³/mol. The highest BCUT2D eigenvalue weighted by Crippen LogP contribution is 2.21. The van der Waals surface area contributed by atoms with Gasteiger partial charge in [-0.3, -0.25) is 14.7 Å². The average molecular weight is 353 g/mol. The molecule has 0 aromatic heterocycles. The summed E-state index contributed by atoms with van der Waals surface area (Å²) in [6.07, 6.45) is 4.79. The molecule has 3 heterocycles. The van der Waals surface area contributed by atoms with Crippen molar-refractivity contribution in [2.45, 2.75) is 71.2 Å². The minimum atomic E-state index is 0.391. The number of hydrogen-bond acceptors (Lipinski definition) is 5. The van der Waals surface area contributed by atoms with Crippen molar-refractivity contribution in [1.29, 1.82) is 0 Å². The van der Waals surface area contributed by atoms with Crippen molar-refractivity contribution >= 4 is 0 Å². The van der Waals surface area contributed by atoms with E-state index in [1.54, 1.807) is 0 Å². The quantitative estimate of drug-likeness (QED) is 0.726. The molecule has 0 spiro atoms. The van der Waals surface area contributed by atoms with Crippen molar-refractivity contribution in [3.8, 4) is 0 Å². The molecule has 3 rings (SSSR count). The molecule has 0 unspecified atom stereocenters. The molecular formula is C20H40N4O. The lowest BCUT2D eigenvalue weighted by Crippen LogP contribution is -2.47. The molecule has 146 valence electrons. The third-order valence-corrected chi connectivity index (χ3v) is 6.27. The van der Waals surface area contributed by atoms with E-state index in [1.165, 1.54) is 65.2 Å². The predicted octanol–water partition coefficient (Wildman–Crippen LogP) is 1.93. The zero-order valence-electron chi connectivity index (χ0n) is 17.0. The summed E-state index contributed by atoms with van der Waals surface area (Å²) in [6.45, 7) is 20.0. The number of piperidine rings is 1. The number of nitrogens with zero attached hydrogens (tertiary/aromatic N) is 4. The van der Waals surface area contributed by atoms with E-state index in [9.17, 15) is 0 Å². The van der Waals surface area contributed by atoms with E-state index in [0.717, 1.165) is 19.1 Å². The van der Waals surface area contributed by atoms with Crippen molar-refractivity contribution in [1.82, 2.24) is 19.6 Å². The minimum absolute atomic E-state index is 0.391. The van der Waals surface area contributed by atoms with Gasteiger partial charge in [-0.15, -0.1) is 0 Å². The van der Waals surface area contributed by atoms with E-state index in [1.807, 2.05) is 0 Å². The van der Waals surface area contributed by atoms with Crippen LogP contribution >= 0.6 is 0 Å². The Labute approximate surface area is 155 Å². The first-order chi connectivity index (χ1) is 12.0. The fraction of sp³-hybridized carbons (Fsp3) is 1.00. The molecule has 3 aliphatic heterocycles. The minimum Gasteiger partial charge on any atom is -0.373 e. The normalized spacial score (nSPS) is 32.0. The zero-order valence-corrected chi connectivity index (χ0v) is 17.0. The molecule has 0 aromatic rings. The van der Waals surface area contributed by atoms with Crippen LogP contribution in [-0.2, 0) is 4.74 Å². The van der Waals surface area contributed by atoms with Crippen LogP contribution in [0.15, 0.2) is 0 Å². The van der Waals surface area contributed by atoms with Gasteiger partial charge in [0.25, 0.3) is 0 Å². The molecular weight excluding hydrogens is 312 g/mol. The molecule has 3 fully saturated rings. The summed E-state index contributed by atoms with van der Waals surface area (Å²) in [5.74, 6) is 0. The standard InChI is InChI=1S/C20H40N4O/c1-17(2)23-10-6-20(7-11-23)24-13-12-21(16-24)8-5-9-22-14-18(3)25-19(4)15-22/h17-20H,5-16H2,1-4H3/t18-,19+. The number of rotatable bonds is 6. The number of hydrogen-bond donors (Lipinski definition) is 0. The Hall–Kier alpha value is -0.200. The molecule has 0 amide bonds. The lowest BCUT2D eigenvalue weighted by Gasteiger charge is -2.38. The summed E-state index contributed by atoms with van der Waals surface area (Å²) >= 11 is 0. The van der Waals surface area contributed by atoms with Crippen molar-refractivity contribution in [2.24, 2.45) is 0 Å². The number of morpholine rings is 1. The van der Waals surface area contributed by atoms with E-state index in [2.05, 4.69) is 47.3 Å². The highest BCUT2D eigenvalue weighted by atomic mass is 16.5. The Balaban J connectivity index is 1.32. The first-order valence-electron chi connectivity index (χ1n) is 10.6. The maximum absolute atomic E-state index is 5.84. The van der Waals surface area contributed by atoms with Gasteiger partial charge in [-0.2, -0.15) is 0 Å². The smallest absolute Gasteiger partial charge is 0.0678 e. The van der Waals surface area contributed by atoms with Gasteiger partial charge in [0.2, 0.25) is 0 Å². The molecule has 3 saturated heterocycles. The van der Waals surface area contributed by atoms with Gasteiger partial charge in [-0.25, -0.2) is 0 Å². The van der Waals surface area contributed by atoms with Gasteiger partial charge in [0, 0.05) is 44.8 Å². The van der Waals surface area contributed by atoms with E-state index in [0.29, 0.717) is 18.2 Å². The summed E-state index contributed by atoms with van der Waals surface area (Å²) in [5.41, 5.74) is 0. The molecule has 25 heavy (non-hydrogen) atoms. The third-order valence-electron chi connectivity index (χ3n) is 6.27. The Morgan fingerprint density at radius 2 is 1.52 bits per heavy atom. The maximum Gasteiger partial charge on any atom is 0.0678 e. The summed E-state index contributed by atoms with van der Waals surface area (Å²) in [5, 5.41) is 0. The van der Waals surface area contributed by atoms with E-state index < -0.39 is 0 Å². The Kier molecular flexibility index (Phi) is 7.15. The first kappa shape index (κ1) is 19.6. The van der Waals surface area contributed by atoms with Crippen molar-refractivity contribution in [3.63, 3.8) is 0 Å². The monoisotopic (exact) mass is 352 g/mol. The lowest BCUT2D eigenvalue weighted by molar-refractivity contribution is -0.0684. The number of likely N-dealkylation sites (tertiary alicyclic amines) is 1. The van der Waals surface area contributed by atoms with Gasteiger partial charge >= 0.3 is 0 Å². The van der Waals surface area contributed by atoms with Crippen LogP contribution in [0.4, 0.5) is 0 Å². The van der Waals surface area contributed by atoms with E-state index >= 15 is 0 Å². The van der Waals surface area contributed by atoms with Crippen LogP contribution in [0.25, 0.3) is 0 Å². The second-order valence-corrected chi connectivity index (χ2v) is 8.80. The van der Waals surface area contributed by atoms with E-state index in [-0.39, 0.29) is 0 Å². The summed E-state index contributed by atoms with van der Waals surface area (Å²) in [7, 11) is 0. The molecule has 5 nitrogen and oxygen atoms in total. The Bertz CT molecular complexity index is 387. The molecule has 2 atom stereocenters. The Morgan fingerprint density at radius 1 is 0.880 bits per heavy atom. The largest absolute Gasteiger partial charge is 0.373 e. The summed E-state index contributed by atoms with van der Waals surface area (Å²) in [4.78, 5) is 10.6. The fourth-order valence-corrected chi connectivity index (χ4v) is 4.90. The lowest BCUT2D eigenvalue weighted by atomic mass is 10.0. The number of ether oxygens (including phenoxy) is 1. The van der Waals surface area contributed by atoms with Crippen molar-refractivity contribution < 1.29 is 4.74 Å². The van der Waals surface area contributed by atoms with Gasteiger partial charge in [-0.1, -0.05) is 0 Å². The topological polar surface area (TPSA) is 22.2 Å². The SMILES string of the molecule is CC(C)N1CCC(N2CCN(CCCN3C[C@@H](C)O[C@@H](C)C3)C2)CC1. The van der Waals surface area contributed by atoms with Crippen LogP contribution in [0.2, 0.25) is 0 Å². The average Bonchev–Trinajstić information content (AvgIpc) is 3.03. The van der Waals surface area contributed by atoms with Gasteiger partial charge < -0.3 is 9.64 Å². The van der Waals surface area contributed by atoms with Crippen molar-refractivity contribution in [2.75, 3.05) is 59.0 Å². The third kappa shape index (κ3) is 5.64. The highest BCUT2D eigenvalue weighted by Gasteiger charge is 2.30.